The van der Waals surface area contributed by atoms with E-state index in [1.165, 1.54) is 12.1 Å². The van der Waals surface area contributed by atoms with Crippen molar-refractivity contribution in [1.29, 1.82) is 0 Å². The van der Waals surface area contributed by atoms with E-state index in [2.05, 4.69) is 0 Å². The number of rotatable bonds is 7. The smallest absolute Gasteiger partial charge is 0.167 e. The Morgan fingerprint density at radius 1 is 0.957 bits per heavy atom. The molecule has 4 heteroatoms. The summed E-state index contributed by atoms with van der Waals surface area (Å²) in [5.74, 6) is -1.10. The first-order valence-electron chi connectivity index (χ1n) is 7.74. The maximum Gasteiger partial charge on any atom is 0.167 e. The fraction of sp³-hybridized carbons (Fsp3) is 0.368. The van der Waals surface area contributed by atoms with E-state index in [9.17, 15) is 8.78 Å². The summed E-state index contributed by atoms with van der Waals surface area (Å²) in [4.78, 5) is 0. The monoisotopic (exact) mass is 320 g/mol. The van der Waals surface area contributed by atoms with Crippen molar-refractivity contribution < 1.29 is 18.3 Å². The molecule has 2 atom stereocenters. The van der Waals surface area contributed by atoms with Gasteiger partial charge in [0.05, 0.1) is 12.7 Å². The highest BCUT2D eigenvalue weighted by atomic mass is 19.1. The number of benzene rings is 2. The first kappa shape index (κ1) is 17.4. The molecule has 0 amide bonds. The molecule has 0 aliphatic carbocycles. The van der Waals surface area contributed by atoms with Gasteiger partial charge in [-0.2, -0.15) is 0 Å². The van der Waals surface area contributed by atoms with E-state index in [1.807, 2.05) is 51.1 Å². The van der Waals surface area contributed by atoms with E-state index in [4.69, 9.17) is 9.47 Å². The molecular formula is C19H22F2O2. The molecule has 0 aromatic heterocycles. The van der Waals surface area contributed by atoms with Crippen LogP contribution in [0, 0.1) is 17.6 Å². The largest absolute Gasteiger partial charge is 0.485 e. The van der Waals surface area contributed by atoms with Crippen LogP contribution in [0.1, 0.15) is 26.3 Å². The Hall–Kier alpha value is -1.94. The van der Waals surface area contributed by atoms with Crippen molar-refractivity contribution >= 4 is 0 Å². The van der Waals surface area contributed by atoms with E-state index < -0.39 is 11.6 Å². The van der Waals surface area contributed by atoms with E-state index in [0.717, 1.165) is 11.6 Å². The summed E-state index contributed by atoms with van der Waals surface area (Å²) in [7, 11) is 0. The third-order valence-corrected chi connectivity index (χ3v) is 3.61. The lowest BCUT2D eigenvalue weighted by Crippen LogP contribution is -2.36. The van der Waals surface area contributed by atoms with Crippen molar-refractivity contribution in [3.05, 3.63) is 65.7 Å². The Morgan fingerprint density at radius 2 is 1.65 bits per heavy atom. The minimum absolute atomic E-state index is 0.0351. The standard InChI is InChI=1S/C19H22F2O2/c1-13(2)19(22-12-15-7-5-4-6-8-15)14(3)23-18-10-9-16(20)11-17(18)21/h4-11,13-14,19H,12H2,1-3H3. The van der Waals surface area contributed by atoms with Crippen LogP contribution in [0.3, 0.4) is 0 Å². The Labute approximate surface area is 136 Å². The number of ether oxygens (including phenoxy) is 2. The minimum atomic E-state index is -0.706. The van der Waals surface area contributed by atoms with Crippen LogP contribution in [-0.4, -0.2) is 12.2 Å². The van der Waals surface area contributed by atoms with Gasteiger partial charge >= 0.3 is 0 Å². The highest BCUT2D eigenvalue weighted by Gasteiger charge is 2.24. The quantitative estimate of drug-likeness (QED) is 0.717. The third-order valence-electron chi connectivity index (χ3n) is 3.61. The molecule has 0 saturated carbocycles. The van der Waals surface area contributed by atoms with Crippen molar-refractivity contribution in [1.82, 2.24) is 0 Å². The van der Waals surface area contributed by atoms with Gasteiger partial charge in [-0.25, -0.2) is 8.78 Å². The zero-order valence-corrected chi connectivity index (χ0v) is 13.6. The van der Waals surface area contributed by atoms with Crippen molar-refractivity contribution in [3.63, 3.8) is 0 Å². The average Bonchev–Trinajstić information content (AvgIpc) is 2.51. The summed E-state index contributed by atoms with van der Waals surface area (Å²) in [5, 5.41) is 0. The van der Waals surface area contributed by atoms with Gasteiger partial charge in [0.15, 0.2) is 11.6 Å². The second-order valence-corrected chi connectivity index (χ2v) is 5.90. The van der Waals surface area contributed by atoms with Gasteiger partial charge in [-0.3, -0.25) is 0 Å². The van der Waals surface area contributed by atoms with E-state index in [1.54, 1.807) is 0 Å². The van der Waals surface area contributed by atoms with Gasteiger partial charge in [-0.05, 0) is 30.5 Å². The summed E-state index contributed by atoms with van der Waals surface area (Å²) >= 11 is 0. The maximum atomic E-state index is 13.7. The Morgan fingerprint density at radius 3 is 2.26 bits per heavy atom. The molecule has 0 N–H and O–H groups in total. The summed E-state index contributed by atoms with van der Waals surface area (Å²) in [5.41, 5.74) is 1.07. The topological polar surface area (TPSA) is 18.5 Å². The molecule has 124 valence electrons. The molecule has 0 bridgehead atoms. The zero-order chi connectivity index (χ0) is 16.8. The summed E-state index contributed by atoms with van der Waals surface area (Å²) < 4.78 is 38.3. The van der Waals surface area contributed by atoms with Crippen LogP contribution >= 0.6 is 0 Å². The maximum absolute atomic E-state index is 13.7. The molecule has 0 fully saturated rings. The molecule has 0 saturated heterocycles. The average molecular weight is 320 g/mol. The van der Waals surface area contributed by atoms with Crippen molar-refractivity contribution in [2.45, 2.75) is 39.6 Å². The number of halogens is 2. The second-order valence-electron chi connectivity index (χ2n) is 5.90. The zero-order valence-electron chi connectivity index (χ0n) is 13.6. The minimum Gasteiger partial charge on any atom is -0.485 e. The van der Waals surface area contributed by atoms with Gasteiger partial charge < -0.3 is 9.47 Å². The summed E-state index contributed by atoms with van der Waals surface area (Å²) in [6.07, 6.45) is -0.571. The molecule has 0 aliphatic rings. The highest BCUT2D eigenvalue weighted by molar-refractivity contribution is 5.25. The van der Waals surface area contributed by atoms with Crippen molar-refractivity contribution in [3.8, 4) is 5.75 Å². The SMILES string of the molecule is CC(C)C(OCc1ccccc1)C(C)Oc1ccc(F)cc1F. The molecule has 2 unspecified atom stereocenters. The van der Waals surface area contributed by atoms with Crippen molar-refractivity contribution in [2.24, 2.45) is 5.92 Å². The van der Waals surface area contributed by atoms with Crippen LogP contribution in [-0.2, 0) is 11.3 Å². The van der Waals surface area contributed by atoms with Crippen LogP contribution in [0.25, 0.3) is 0 Å². The van der Waals surface area contributed by atoms with E-state index in [-0.39, 0.29) is 23.9 Å². The lowest BCUT2D eigenvalue weighted by atomic mass is 10.0. The first-order valence-corrected chi connectivity index (χ1v) is 7.74. The van der Waals surface area contributed by atoms with Gasteiger partial charge in [0.25, 0.3) is 0 Å². The van der Waals surface area contributed by atoms with Crippen LogP contribution < -0.4 is 4.74 Å². The molecule has 0 radical (unpaired) electrons. The predicted octanol–water partition coefficient (Wildman–Crippen LogP) is 4.97. The number of hydrogen-bond acceptors (Lipinski definition) is 2. The Kier molecular flexibility index (Phi) is 6.11. The fourth-order valence-electron chi connectivity index (χ4n) is 2.47. The van der Waals surface area contributed by atoms with Crippen molar-refractivity contribution in [2.75, 3.05) is 0 Å². The highest BCUT2D eigenvalue weighted by Crippen LogP contribution is 2.23. The Balaban J connectivity index is 2.01. The molecular weight excluding hydrogens is 298 g/mol. The van der Waals surface area contributed by atoms with E-state index >= 15 is 0 Å². The molecule has 0 aliphatic heterocycles. The second kappa shape index (κ2) is 8.06. The predicted molar refractivity (Wildman–Crippen MR) is 86.3 cm³/mol. The third kappa shape index (κ3) is 5.03. The summed E-state index contributed by atoms with van der Waals surface area (Å²) in [6, 6.07) is 13.1. The summed E-state index contributed by atoms with van der Waals surface area (Å²) in [6.45, 7) is 6.34. The lowest BCUT2D eigenvalue weighted by molar-refractivity contribution is -0.0536. The molecule has 0 heterocycles. The fourth-order valence-corrected chi connectivity index (χ4v) is 2.47. The molecule has 23 heavy (non-hydrogen) atoms. The van der Waals surface area contributed by atoms with Crippen LogP contribution in [0.5, 0.6) is 5.75 Å². The van der Waals surface area contributed by atoms with Crippen LogP contribution in [0.4, 0.5) is 8.78 Å². The van der Waals surface area contributed by atoms with Gasteiger partial charge in [-0.15, -0.1) is 0 Å². The van der Waals surface area contributed by atoms with Gasteiger partial charge in [0, 0.05) is 6.07 Å². The lowest BCUT2D eigenvalue weighted by Gasteiger charge is -2.28. The van der Waals surface area contributed by atoms with Gasteiger partial charge in [0.2, 0.25) is 0 Å². The molecule has 0 spiro atoms. The Bertz CT molecular complexity index is 614. The molecule has 2 rings (SSSR count). The first-order chi connectivity index (χ1) is 11.0. The van der Waals surface area contributed by atoms with E-state index in [0.29, 0.717) is 6.61 Å². The number of hydrogen-bond donors (Lipinski definition) is 0. The van der Waals surface area contributed by atoms with Crippen LogP contribution in [0.2, 0.25) is 0 Å². The molecule has 2 aromatic rings. The van der Waals surface area contributed by atoms with Crippen LogP contribution in [0.15, 0.2) is 48.5 Å². The molecule has 2 aromatic carbocycles. The molecule has 2 nitrogen and oxygen atoms in total. The van der Waals surface area contributed by atoms with Gasteiger partial charge in [-0.1, -0.05) is 44.2 Å². The normalized spacial score (nSPS) is 13.8. The van der Waals surface area contributed by atoms with Gasteiger partial charge in [0.1, 0.15) is 11.9 Å².